The Hall–Kier alpha value is -1.34. The molecule has 2 N–H and O–H groups in total. The Morgan fingerprint density at radius 2 is 2.00 bits per heavy atom. The lowest BCUT2D eigenvalue weighted by Gasteiger charge is -2.42. The van der Waals surface area contributed by atoms with Gasteiger partial charge in [-0.25, -0.2) is 0 Å². The number of likely N-dealkylation sites (N-methyl/N-ethyl adjacent to an activating group) is 1. The lowest BCUT2D eigenvalue weighted by molar-refractivity contribution is 0.0834. The van der Waals surface area contributed by atoms with E-state index < -0.39 is 0 Å². The predicted octanol–water partition coefficient (Wildman–Crippen LogP) is 0.983. The molecule has 0 amide bonds. The first kappa shape index (κ1) is 18.5. The summed E-state index contributed by atoms with van der Waals surface area (Å²) < 4.78 is 5.35. The summed E-state index contributed by atoms with van der Waals surface area (Å²) in [6, 6.07) is 6.63. The van der Waals surface area contributed by atoms with E-state index in [1.54, 1.807) is 13.2 Å². The molecule has 1 aromatic rings. The van der Waals surface area contributed by atoms with Crippen LogP contribution in [0.4, 0.5) is 0 Å². The maximum Gasteiger partial charge on any atom is 0.160 e. The summed E-state index contributed by atoms with van der Waals surface area (Å²) in [6.45, 7) is 10.9. The average Bonchev–Trinajstić information content (AvgIpc) is 2.62. The van der Waals surface area contributed by atoms with Crippen molar-refractivity contribution in [2.24, 2.45) is 0 Å². The van der Waals surface area contributed by atoms with Crippen molar-refractivity contribution < 1.29 is 9.84 Å². The molecule has 3 rings (SSSR count). The number of nitrogens with zero attached hydrogens (tertiary/aromatic N) is 3. The van der Waals surface area contributed by atoms with Crippen molar-refractivity contribution in [1.82, 2.24) is 20.0 Å². The third kappa shape index (κ3) is 4.64. The Kier molecular flexibility index (Phi) is 6.17. The normalized spacial score (nSPS) is 25.0. The van der Waals surface area contributed by atoms with Gasteiger partial charge < -0.3 is 20.1 Å². The van der Waals surface area contributed by atoms with E-state index in [-0.39, 0.29) is 5.75 Å². The molecule has 140 valence electrons. The van der Waals surface area contributed by atoms with Gasteiger partial charge in [0, 0.05) is 64.4 Å². The maximum atomic E-state index is 9.96. The second-order valence-corrected chi connectivity index (χ2v) is 7.40. The van der Waals surface area contributed by atoms with Gasteiger partial charge >= 0.3 is 0 Å². The molecule has 6 nitrogen and oxygen atoms in total. The second-order valence-electron chi connectivity index (χ2n) is 7.40. The number of ether oxygens (including phenoxy) is 1. The number of hydrogen-bond acceptors (Lipinski definition) is 6. The van der Waals surface area contributed by atoms with E-state index >= 15 is 0 Å². The summed E-state index contributed by atoms with van der Waals surface area (Å²) >= 11 is 0. The van der Waals surface area contributed by atoms with Crippen LogP contribution in [0.15, 0.2) is 18.2 Å². The van der Waals surface area contributed by atoms with Gasteiger partial charge in [-0.3, -0.25) is 9.80 Å². The first-order chi connectivity index (χ1) is 12.1. The number of benzene rings is 1. The zero-order chi connectivity index (χ0) is 17.8. The monoisotopic (exact) mass is 348 g/mol. The molecule has 25 heavy (non-hydrogen) atoms. The average molecular weight is 348 g/mol. The van der Waals surface area contributed by atoms with Crippen molar-refractivity contribution >= 4 is 0 Å². The second kappa shape index (κ2) is 8.36. The summed E-state index contributed by atoms with van der Waals surface area (Å²) in [5.41, 5.74) is 1.22. The molecule has 0 bridgehead atoms. The molecule has 0 radical (unpaired) electrons. The quantitative estimate of drug-likeness (QED) is 0.827. The van der Waals surface area contributed by atoms with Gasteiger partial charge in [0.05, 0.1) is 7.11 Å². The van der Waals surface area contributed by atoms with Crippen LogP contribution in [0, 0.1) is 0 Å². The molecule has 2 aliphatic heterocycles. The third-order valence-electron chi connectivity index (χ3n) is 5.46. The minimum atomic E-state index is 0.207. The number of phenols is 1. The minimum absolute atomic E-state index is 0.207. The Morgan fingerprint density at radius 1 is 1.24 bits per heavy atom. The Balaban J connectivity index is 1.80. The first-order valence-corrected chi connectivity index (χ1v) is 9.32. The minimum Gasteiger partial charge on any atom is -0.504 e. The van der Waals surface area contributed by atoms with Crippen LogP contribution >= 0.6 is 0 Å². The highest BCUT2D eigenvalue weighted by molar-refractivity contribution is 5.42. The van der Waals surface area contributed by atoms with Crippen molar-refractivity contribution in [3.63, 3.8) is 0 Å². The zero-order valence-electron chi connectivity index (χ0n) is 15.7. The van der Waals surface area contributed by atoms with Gasteiger partial charge in [-0.2, -0.15) is 0 Å². The van der Waals surface area contributed by atoms with Crippen molar-refractivity contribution in [2.75, 3.05) is 66.5 Å². The Bertz CT molecular complexity index is 560. The summed E-state index contributed by atoms with van der Waals surface area (Å²) in [5.74, 6) is 0.766. The van der Waals surface area contributed by atoms with Gasteiger partial charge in [-0.05, 0) is 31.7 Å². The number of aromatic hydroxyl groups is 1. The van der Waals surface area contributed by atoms with E-state index in [4.69, 9.17) is 4.74 Å². The molecule has 0 aliphatic carbocycles. The van der Waals surface area contributed by atoms with Crippen LogP contribution in [-0.2, 0) is 0 Å². The van der Waals surface area contributed by atoms with Gasteiger partial charge in [0.25, 0.3) is 0 Å². The number of hydrogen-bond donors (Lipinski definition) is 2. The van der Waals surface area contributed by atoms with Gasteiger partial charge in [0.2, 0.25) is 0 Å². The molecular weight excluding hydrogens is 316 g/mol. The topological polar surface area (TPSA) is 51.2 Å². The number of phenolic OH excluding ortho intramolecular Hbond substituents is 1. The predicted molar refractivity (Wildman–Crippen MR) is 100 cm³/mol. The van der Waals surface area contributed by atoms with Crippen LogP contribution in [0.2, 0.25) is 0 Å². The van der Waals surface area contributed by atoms with E-state index in [1.807, 2.05) is 12.1 Å². The van der Waals surface area contributed by atoms with E-state index in [9.17, 15) is 5.11 Å². The molecule has 0 spiro atoms. The first-order valence-electron chi connectivity index (χ1n) is 9.32. The summed E-state index contributed by atoms with van der Waals surface area (Å²) in [6.07, 6.45) is 0. The highest BCUT2D eigenvalue weighted by Crippen LogP contribution is 2.32. The molecule has 2 unspecified atom stereocenters. The van der Waals surface area contributed by atoms with Crippen LogP contribution in [0.1, 0.15) is 18.5 Å². The molecule has 1 aromatic carbocycles. The fourth-order valence-corrected chi connectivity index (χ4v) is 3.85. The van der Waals surface area contributed by atoms with Gasteiger partial charge in [0.1, 0.15) is 0 Å². The van der Waals surface area contributed by atoms with Gasteiger partial charge in [-0.1, -0.05) is 6.07 Å². The molecule has 2 atom stereocenters. The lowest BCUT2D eigenvalue weighted by atomic mass is 10.0. The van der Waals surface area contributed by atoms with Crippen molar-refractivity contribution in [2.45, 2.75) is 19.0 Å². The smallest absolute Gasteiger partial charge is 0.160 e. The molecule has 2 saturated heterocycles. The van der Waals surface area contributed by atoms with Gasteiger partial charge in [0.15, 0.2) is 11.5 Å². The molecule has 0 saturated carbocycles. The Morgan fingerprint density at radius 3 is 2.68 bits per heavy atom. The highest BCUT2D eigenvalue weighted by Gasteiger charge is 2.28. The molecule has 0 aromatic heterocycles. The molecule has 6 heteroatoms. The van der Waals surface area contributed by atoms with Crippen molar-refractivity contribution in [1.29, 1.82) is 0 Å². The van der Waals surface area contributed by atoms with Crippen LogP contribution in [-0.4, -0.2) is 92.4 Å². The van der Waals surface area contributed by atoms with Crippen molar-refractivity contribution in [3.05, 3.63) is 23.8 Å². The standard InChI is InChI=1S/C19H32N4O2/c1-15-13-23(7-6-20-15)17(14-22-10-8-21(2)9-11-22)16-4-5-18(24)19(12-16)25-3/h4-5,12,15,17,20,24H,6-11,13-14H2,1-3H3. The van der Waals surface area contributed by atoms with Gasteiger partial charge in [-0.15, -0.1) is 0 Å². The van der Waals surface area contributed by atoms with E-state index in [0.29, 0.717) is 17.8 Å². The van der Waals surface area contributed by atoms with Crippen molar-refractivity contribution in [3.8, 4) is 11.5 Å². The van der Waals surface area contributed by atoms with Crippen LogP contribution in [0.3, 0.4) is 0 Å². The summed E-state index contributed by atoms with van der Waals surface area (Å²) in [7, 11) is 3.80. The van der Waals surface area contributed by atoms with E-state index in [1.165, 1.54) is 5.56 Å². The zero-order valence-corrected chi connectivity index (χ0v) is 15.7. The third-order valence-corrected chi connectivity index (χ3v) is 5.46. The Labute approximate surface area is 151 Å². The lowest BCUT2D eigenvalue weighted by Crippen LogP contribution is -2.53. The SMILES string of the molecule is COc1cc(C(CN2CCN(C)CC2)N2CCNC(C)C2)ccc1O. The number of methoxy groups -OCH3 is 1. The molecular formula is C19H32N4O2. The number of piperazine rings is 2. The van der Waals surface area contributed by atoms with Crippen LogP contribution in [0.5, 0.6) is 11.5 Å². The molecule has 2 aliphatic rings. The van der Waals surface area contributed by atoms with E-state index in [0.717, 1.165) is 52.4 Å². The summed E-state index contributed by atoms with van der Waals surface area (Å²) in [5, 5.41) is 13.5. The highest BCUT2D eigenvalue weighted by atomic mass is 16.5. The fraction of sp³-hybridized carbons (Fsp3) is 0.684. The summed E-state index contributed by atoms with van der Waals surface area (Å²) in [4.78, 5) is 7.53. The van der Waals surface area contributed by atoms with Crippen LogP contribution < -0.4 is 10.1 Å². The number of nitrogens with one attached hydrogen (secondary N) is 1. The maximum absolute atomic E-state index is 9.96. The molecule has 2 heterocycles. The van der Waals surface area contributed by atoms with Crippen LogP contribution in [0.25, 0.3) is 0 Å². The largest absolute Gasteiger partial charge is 0.504 e. The van der Waals surface area contributed by atoms with E-state index in [2.05, 4.69) is 34.0 Å². The fourth-order valence-electron chi connectivity index (χ4n) is 3.85. The number of rotatable bonds is 5. The molecule has 2 fully saturated rings.